The fraction of sp³-hybridized carbons (Fsp3) is 0.333. The Morgan fingerprint density at radius 2 is 1.84 bits per heavy atom. The molecule has 0 aliphatic carbocycles. The van der Waals surface area contributed by atoms with Crippen LogP contribution in [0.4, 0.5) is 23.2 Å². The van der Waals surface area contributed by atoms with E-state index in [2.05, 4.69) is 26.3 Å². The summed E-state index contributed by atoms with van der Waals surface area (Å²) in [6, 6.07) is 2.52. The van der Waals surface area contributed by atoms with Gasteiger partial charge in [0, 0.05) is 30.8 Å². The van der Waals surface area contributed by atoms with Crippen LogP contribution in [0.25, 0.3) is 0 Å². The van der Waals surface area contributed by atoms with Crippen LogP contribution >= 0.6 is 0 Å². The third-order valence-corrected chi connectivity index (χ3v) is 5.78. The molecule has 2 heterocycles. The van der Waals surface area contributed by atoms with E-state index in [1.54, 1.807) is 6.92 Å². The summed E-state index contributed by atoms with van der Waals surface area (Å²) >= 11 is 0. The fourth-order valence-electron chi connectivity index (χ4n) is 3.92. The van der Waals surface area contributed by atoms with Gasteiger partial charge in [0.2, 0.25) is 11.7 Å². The molecule has 10 nitrogen and oxygen atoms in total. The average Bonchev–Trinajstić information content (AvgIpc) is 3.19. The van der Waals surface area contributed by atoms with Gasteiger partial charge >= 0.3 is 6.18 Å². The van der Waals surface area contributed by atoms with Gasteiger partial charge in [-0.25, -0.2) is 4.39 Å². The van der Waals surface area contributed by atoms with Gasteiger partial charge in [0.25, 0.3) is 17.7 Å². The molecule has 2 aromatic rings. The summed E-state index contributed by atoms with van der Waals surface area (Å²) in [5, 5.41) is 9.37. The second-order valence-corrected chi connectivity index (χ2v) is 8.62. The molecule has 38 heavy (non-hydrogen) atoms. The molecule has 1 saturated heterocycles. The predicted molar refractivity (Wildman–Crippen MR) is 124 cm³/mol. The highest BCUT2D eigenvalue weighted by Crippen LogP contribution is 2.28. The van der Waals surface area contributed by atoms with E-state index in [0.717, 1.165) is 30.5 Å². The Bertz CT molecular complexity index is 1280. The lowest BCUT2D eigenvalue weighted by molar-refractivity contribution is -0.141. The number of benzene rings is 1. The highest BCUT2D eigenvalue weighted by Gasteiger charge is 2.36. The minimum absolute atomic E-state index is 0.185. The molecule has 0 saturated carbocycles. The number of aromatic nitrogens is 1. The number of alkyl halides is 3. The van der Waals surface area contributed by atoms with Gasteiger partial charge in [-0.1, -0.05) is 0 Å². The molecule has 4 amide bonds. The summed E-state index contributed by atoms with van der Waals surface area (Å²) in [4.78, 5) is 65.7. The van der Waals surface area contributed by atoms with Gasteiger partial charge in [0.15, 0.2) is 0 Å². The van der Waals surface area contributed by atoms with Crippen molar-refractivity contribution in [2.24, 2.45) is 5.92 Å². The maximum Gasteiger partial charge on any atom is 0.433 e. The molecule has 4 N–H and O–H groups in total. The minimum atomic E-state index is -4.81. The first kappa shape index (κ1) is 28.2. The number of nitrogens with zero attached hydrogens (tertiary/aromatic N) is 1. The monoisotopic (exact) mass is 537 g/mol. The molecular formula is C24H23F4N5O5. The van der Waals surface area contributed by atoms with E-state index >= 15 is 0 Å². The molecule has 202 valence electrons. The summed E-state index contributed by atoms with van der Waals surface area (Å²) in [7, 11) is 1.20. The van der Waals surface area contributed by atoms with Gasteiger partial charge < -0.3 is 21.3 Å². The molecule has 1 aliphatic rings. The molecule has 1 fully saturated rings. The van der Waals surface area contributed by atoms with Gasteiger partial charge in [-0.05, 0) is 50.1 Å². The number of pyridine rings is 1. The first-order valence-electron chi connectivity index (χ1n) is 11.3. The SMILES string of the molecule is CNC(=O)C(=O)[C@H](C[C@@H]1C[C@@H](C)NC1=O)NC(=O)c1cc(F)ccc1NC(=O)c1ccnc(C(F)(F)F)c1. The van der Waals surface area contributed by atoms with E-state index in [-0.39, 0.29) is 24.1 Å². The Morgan fingerprint density at radius 3 is 2.45 bits per heavy atom. The predicted octanol–water partition coefficient (Wildman–Crippen LogP) is 1.82. The van der Waals surface area contributed by atoms with Crippen LogP contribution in [0.1, 0.15) is 46.2 Å². The lowest BCUT2D eigenvalue weighted by Crippen LogP contribution is -2.48. The third-order valence-electron chi connectivity index (χ3n) is 5.78. The maximum atomic E-state index is 14.0. The molecule has 1 aromatic carbocycles. The number of carbonyl (C=O) groups excluding carboxylic acids is 5. The van der Waals surface area contributed by atoms with Gasteiger partial charge in [0.1, 0.15) is 11.5 Å². The van der Waals surface area contributed by atoms with Crippen molar-refractivity contribution in [1.82, 2.24) is 20.9 Å². The number of likely N-dealkylation sites (N-methyl/N-ethyl adjacent to an activating group) is 1. The lowest BCUT2D eigenvalue weighted by atomic mass is 9.93. The molecule has 0 radical (unpaired) electrons. The van der Waals surface area contributed by atoms with Crippen molar-refractivity contribution in [3.8, 4) is 0 Å². The Labute approximate surface area is 213 Å². The van der Waals surface area contributed by atoms with Crippen LogP contribution in [0.5, 0.6) is 0 Å². The number of Topliss-reactive ketones (excluding diaryl/α,β-unsaturated/α-hetero) is 1. The molecule has 0 bridgehead atoms. The summed E-state index contributed by atoms with van der Waals surface area (Å²) in [5.74, 6) is -6.15. The Balaban J connectivity index is 1.86. The van der Waals surface area contributed by atoms with Crippen LogP contribution in [-0.2, 0) is 20.6 Å². The Hall–Kier alpha value is -4.36. The zero-order valence-electron chi connectivity index (χ0n) is 20.1. The summed E-state index contributed by atoms with van der Waals surface area (Å²) in [6.07, 6.45) is -3.90. The number of hydrogen-bond donors (Lipinski definition) is 4. The number of nitrogens with one attached hydrogen (secondary N) is 4. The van der Waals surface area contributed by atoms with E-state index in [0.29, 0.717) is 12.5 Å². The molecular weight excluding hydrogens is 514 g/mol. The number of hydrogen-bond acceptors (Lipinski definition) is 6. The van der Waals surface area contributed by atoms with E-state index in [4.69, 9.17) is 0 Å². The number of carbonyl (C=O) groups is 5. The van der Waals surface area contributed by atoms with Crippen molar-refractivity contribution < 1.29 is 41.5 Å². The largest absolute Gasteiger partial charge is 0.433 e. The molecule has 3 atom stereocenters. The first-order chi connectivity index (χ1) is 17.8. The van der Waals surface area contributed by atoms with E-state index in [9.17, 15) is 41.5 Å². The Kier molecular flexibility index (Phi) is 8.43. The van der Waals surface area contributed by atoms with Crippen molar-refractivity contribution in [2.45, 2.75) is 38.0 Å². The van der Waals surface area contributed by atoms with Crippen molar-refractivity contribution in [1.29, 1.82) is 0 Å². The van der Waals surface area contributed by atoms with Crippen molar-refractivity contribution in [3.05, 3.63) is 59.2 Å². The fourth-order valence-corrected chi connectivity index (χ4v) is 3.92. The van der Waals surface area contributed by atoms with Gasteiger partial charge in [-0.3, -0.25) is 29.0 Å². The van der Waals surface area contributed by atoms with Gasteiger partial charge in [-0.2, -0.15) is 13.2 Å². The molecule has 14 heteroatoms. The summed E-state index contributed by atoms with van der Waals surface area (Å²) < 4.78 is 52.9. The lowest BCUT2D eigenvalue weighted by Gasteiger charge is -2.20. The number of anilines is 1. The number of rotatable bonds is 8. The number of ketones is 1. The quantitative estimate of drug-likeness (QED) is 0.299. The topological polar surface area (TPSA) is 146 Å². The zero-order valence-corrected chi connectivity index (χ0v) is 20.1. The number of amides is 4. The van der Waals surface area contributed by atoms with Gasteiger partial charge in [-0.15, -0.1) is 0 Å². The summed E-state index contributed by atoms with van der Waals surface area (Å²) in [5.41, 5.74) is -2.50. The standard InChI is InChI=1S/C24H23F4N5O5/c1-11-7-13(21(36)31-11)8-17(19(34)23(38)29-2)33-22(37)15-10-14(25)3-4-16(15)32-20(35)12-5-6-30-18(9-12)24(26,27)28/h3-6,9-11,13,17H,7-8H2,1-2H3,(H,29,38)(H,31,36)(H,32,35)(H,33,37)/t11-,13+,17+/m1/s1. The molecule has 1 aliphatic heterocycles. The van der Waals surface area contributed by atoms with Crippen molar-refractivity contribution in [2.75, 3.05) is 12.4 Å². The molecule has 3 rings (SSSR count). The molecule has 0 unspecified atom stereocenters. The highest BCUT2D eigenvalue weighted by molar-refractivity contribution is 6.38. The minimum Gasteiger partial charge on any atom is -0.353 e. The van der Waals surface area contributed by atoms with Gasteiger partial charge in [0.05, 0.1) is 17.3 Å². The second kappa shape index (κ2) is 11.4. The van der Waals surface area contributed by atoms with E-state index in [1.807, 2.05) is 0 Å². The van der Waals surface area contributed by atoms with Crippen LogP contribution in [0, 0.1) is 11.7 Å². The van der Waals surface area contributed by atoms with Crippen LogP contribution in [0.3, 0.4) is 0 Å². The molecule has 0 spiro atoms. The summed E-state index contributed by atoms with van der Waals surface area (Å²) in [6.45, 7) is 1.74. The van der Waals surface area contributed by atoms with Crippen LogP contribution in [-0.4, -0.2) is 53.5 Å². The zero-order chi connectivity index (χ0) is 28.2. The first-order valence-corrected chi connectivity index (χ1v) is 11.3. The highest BCUT2D eigenvalue weighted by atomic mass is 19.4. The van der Waals surface area contributed by atoms with Crippen LogP contribution < -0.4 is 21.3 Å². The average molecular weight is 537 g/mol. The van der Waals surface area contributed by atoms with Crippen LogP contribution in [0.2, 0.25) is 0 Å². The second-order valence-electron chi connectivity index (χ2n) is 8.62. The normalized spacial score (nSPS) is 17.8. The van der Waals surface area contributed by atoms with E-state index in [1.165, 1.54) is 7.05 Å². The number of halogens is 4. The third kappa shape index (κ3) is 6.69. The Morgan fingerprint density at radius 1 is 1.13 bits per heavy atom. The van der Waals surface area contributed by atoms with Crippen molar-refractivity contribution >= 4 is 35.1 Å². The van der Waals surface area contributed by atoms with Crippen LogP contribution in [0.15, 0.2) is 36.5 Å². The van der Waals surface area contributed by atoms with Crippen molar-refractivity contribution in [3.63, 3.8) is 0 Å². The smallest absolute Gasteiger partial charge is 0.353 e. The maximum absolute atomic E-state index is 14.0. The van der Waals surface area contributed by atoms with E-state index < -0.39 is 64.3 Å². The molecule has 1 aromatic heterocycles.